The van der Waals surface area contributed by atoms with Crippen molar-refractivity contribution >= 4 is 11.0 Å². The van der Waals surface area contributed by atoms with Gasteiger partial charge in [-0.25, -0.2) is 4.98 Å². The van der Waals surface area contributed by atoms with E-state index in [1.54, 1.807) is 12.3 Å². The fourth-order valence-electron chi connectivity index (χ4n) is 2.27. The number of fused-ring (bicyclic) bond motifs is 1. The maximum Gasteiger partial charge on any atom is 0.177 e. The Morgan fingerprint density at radius 1 is 1.32 bits per heavy atom. The molecule has 0 radical (unpaired) electrons. The number of furan rings is 1. The van der Waals surface area contributed by atoms with Crippen LogP contribution in [0.2, 0.25) is 0 Å². The van der Waals surface area contributed by atoms with Crippen molar-refractivity contribution in [2.24, 2.45) is 0 Å². The van der Waals surface area contributed by atoms with E-state index >= 15 is 0 Å². The summed E-state index contributed by atoms with van der Waals surface area (Å²) in [6, 6.07) is 11.7. The third-order valence-corrected chi connectivity index (χ3v) is 3.08. The zero-order chi connectivity index (χ0) is 13.4. The fraction of sp³-hybridized carbons (Fsp3) is 0.200. The standard InChI is InChI=1S/C15H13N3O/c1-10(2)18-13-6-5-11(9-16)8-12(13)17-15(18)14-4-3-7-19-14/h3-8,10H,1-2H3. The molecule has 0 atom stereocenters. The third-order valence-electron chi connectivity index (χ3n) is 3.08. The number of hydrogen-bond donors (Lipinski definition) is 0. The van der Waals surface area contributed by atoms with E-state index in [0.717, 1.165) is 22.6 Å². The summed E-state index contributed by atoms with van der Waals surface area (Å²) >= 11 is 0. The van der Waals surface area contributed by atoms with Crippen LogP contribution in [0.4, 0.5) is 0 Å². The maximum absolute atomic E-state index is 8.96. The highest BCUT2D eigenvalue weighted by Gasteiger charge is 2.16. The average molecular weight is 251 g/mol. The van der Waals surface area contributed by atoms with Crippen molar-refractivity contribution in [2.45, 2.75) is 19.9 Å². The van der Waals surface area contributed by atoms with Crippen LogP contribution in [0.25, 0.3) is 22.6 Å². The first-order valence-electron chi connectivity index (χ1n) is 6.16. The Balaban J connectivity index is 2.33. The van der Waals surface area contributed by atoms with Crippen LogP contribution >= 0.6 is 0 Å². The summed E-state index contributed by atoms with van der Waals surface area (Å²) in [5, 5.41) is 8.96. The Kier molecular flexibility index (Phi) is 2.60. The van der Waals surface area contributed by atoms with E-state index in [9.17, 15) is 0 Å². The zero-order valence-electron chi connectivity index (χ0n) is 10.8. The second kappa shape index (κ2) is 4.29. The van der Waals surface area contributed by atoms with Gasteiger partial charge in [0.25, 0.3) is 0 Å². The molecule has 3 rings (SSSR count). The maximum atomic E-state index is 8.96. The quantitative estimate of drug-likeness (QED) is 0.697. The van der Waals surface area contributed by atoms with E-state index in [4.69, 9.17) is 9.68 Å². The number of benzene rings is 1. The summed E-state index contributed by atoms with van der Waals surface area (Å²) in [7, 11) is 0. The molecule has 3 aromatic rings. The summed E-state index contributed by atoms with van der Waals surface area (Å²) in [5.41, 5.74) is 2.45. The number of nitrogens with zero attached hydrogens (tertiary/aromatic N) is 3. The lowest BCUT2D eigenvalue weighted by molar-refractivity contribution is 0.557. The molecule has 2 heterocycles. The van der Waals surface area contributed by atoms with Crippen LogP contribution in [0, 0.1) is 11.3 Å². The van der Waals surface area contributed by atoms with Crippen molar-refractivity contribution in [2.75, 3.05) is 0 Å². The number of nitriles is 1. The zero-order valence-corrected chi connectivity index (χ0v) is 10.8. The second-order valence-corrected chi connectivity index (χ2v) is 4.69. The summed E-state index contributed by atoms with van der Waals surface area (Å²) in [6.45, 7) is 4.21. The molecule has 0 aliphatic carbocycles. The van der Waals surface area contributed by atoms with E-state index < -0.39 is 0 Å². The van der Waals surface area contributed by atoms with Crippen LogP contribution in [0.1, 0.15) is 25.5 Å². The van der Waals surface area contributed by atoms with Gasteiger partial charge in [0.05, 0.1) is 28.9 Å². The molecule has 0 unspecified atom stereocenters. The van der Waals surface area contributed by atoms with Crippen molar-refractivity contribution < 1.29 is 4.42 Å². The highest BCUT2D eigenvalue weighted by Crippen LogP contribution is 2.28. The lowest BCUT2D eigenvalue weighted by atomic mass is 10.2. The molecule has 0 aliphatic heterocycles. The lowest BCUT2D eigenvalue weighted by Gasteiger charge is -2.11. The van der Waals surface area contributed by atoms with Crippen molar-refractivity contribution in [3.05, 3.63) is 42.2 Å². The molecule has 0 N–H and O–H groups in total. The van der Waals surface area contributed by atoms with Gasteiger partial charge in [0.1, 0.15) is 0 Å². The van der Waals surface area contributed by atoms with Gasteiger partial charge in [-0.2, -0.15) is 5.26 Å². The van der Waals surface area contributed by atoms with Crippen LogP contribution in [0.3, 0.4) is 0 Å². The van der Waals surface area contributed by atoms with Gasteiger partial charge in [-0.3, -0.25) is 0 Å². The summed E-state index contributed by atoms with van der Waals surface area (Å²) in [5.74, 6) is 1.54. The van der Waals surface area contributed by atoms with E-state index in [0.29, 0.717) is 5.56 Å². The molecular weight excluding hydrogens is 238 g/mol. The fourth-order valence-corrected chi connectivity index (χ4v) is 2.27. The van der Waals surface area contributed by atoms with Gasteiger partial charge in [0.2, 0.25) is 0 Å². The number of imidazole rings is 1. The molecule has 0 aliphatic rings. The van der Waals surface area contributed by atoms with Crippen molar-refractivity contribution in [3.63, 3.8) is 0 Å². The number of rotatable bonds is 2. The molecular formula is C15H13N3O. The molecule has 94 valence electrons. The molecule has 0 fully saturated rings. The lowest BCUT2D eigenvalue weighted by Crippen LogP contribution is -2.02. The first-order chi connectivity index (χ1) is 9.20. The summed E-state index contributed by atoms with van der Waals surface area (Å²) < 4.78 is 7.57. The third kappa shape index (κ3) is 1.80. The van der Waals surface area contributed by atoms with E-state index in [2.05, 4.69) is 29.5 Å². The summed E-state index contributed by atoms with van der Waals surface area (Å²) in [4.78, 5) is 4.60. The predicted octanol–water partition coefficient (Wildman–Crippen LogP) is 3.75. The van der Waals surface area contributed by atoms with Crippen LogP contribution in [0.15, 0.2) is 41.0 Å². The Hall–Kier alpha value is -2.54. The Morgan fingerprint density at radius 3 is 2.79 bits per heavy atom. The van der Waals surface area contributed by atoms with Crippen molar-refractivity contribution in [1.29, 1.82) is 5.26 Å². The van der Waals surface area contributed by atoms with Crippen molar-refractivity contribution in [3.8, 4) is 17.7 Å². The second-order valence-electron chi connectivity index (χ2n) is 4.69. The molecule has 4 heteroatoms. The molecule has 0 spiro atoms. The Labute approximate surface area is 110 Å². The van der Waals surface area contributed by atoms with E-state index in [-0.39, 0.29) is 6.04 Å². The summed E-state index contributed by atoms with van der Waals surface area (Å²) in [6.07, 6.45) is 1.64. The predicted molar refractivity (Wildman–Crippen MR) is 72.5 cm³/mol. The van der Waals surface area contributed by atoms with Gasteiger partial charge in [-0.15, -0.1) is 0 Å². The van der Waals surface area contributed by atoms with Crippen LogP contribution < -0.4 is 0 Å². The minimum atomic E-state index is 0.262. The molecule has 2 aromatic heterocycles. The van der Waals surface area contributed by atoms with Crippen molar-refractivity contribution in [1.82, 2.24) is 9.55 Å². The normalized spacial score (nSPS) is 11.1. The van der Waals surface area contributed by atoms with Crippen LogP contribution in [-0.2, 0) is 0 Å². The smallest absolute Gasteiger partial charge is 0.177 e. The average Bonchev–Trinajstić information content (AvgIpc) is 3.04. The van der Waals surface area contributed by atoms with E-state index in [1.807, 2.05) is 24.3 Å². The molecule has 0 amide bonds. The van der Waals surface area contributed by atoms with Crippen LogP contribution in [0.5, 0.6) is 0 Å². The van der Waals surface area contributed by atoms with Gasteiger partial charge >= 0.3 is 0 Å². The van der Waals surface area contributed by atoms with Gasteiger partial charge < -0.3 is 8.98 Å². The first kappa shape index (κ1) is 11.5. The van der Waals surface area contributed by atoms with E-state index in [1.165, 1.54) is 0 Å². The first-order valence-corrected chi connectivity index (χ1v) is 6.16. The molecule has 19 heavy (non-hydrogen) atoms. The van der Waals surface area contributed by atoms with Gasteiger partial charge in [-0.1, -0.05) is 0 Å². The molecule has 1 aromatic carbocycles. The Morgan fingerprint density at radius 2 is 2.16 bits per heavy atom. The molecule has 0 saturated carbocycles. The largest absolute Gasteiger partial charge is 0.461 e. The molecule has 4 nitrogen and oxygen atoms in total. The van der Waals surface area contributed by atoms with Gasteiger partial charge in [0.15, 0.2) is 11.6 Å². The topological polar surface area (TPSA) is 54.8 Å². The minimum absolute atomic E-state index is 0.262. The Bertz CT molecular complexity index is 761. The van der Waals surface area contributed by atoms with Gasteiger partial charge in [0, 0.05) is 6.04 Å². The highest BCUT2D eigenvalue weighted by molar-refractivity contribution is 5.81. The number of hydrogen-bond acceptors (Lipinski definition) is 3. The highest BCUT2D eigenvalue weighted by atomic mass is 16.3. The van der Waals surface area contributed by atoms with Gasteiger partial charge in [-0.05, 0) is 44.2 Å². The van der Waals surface area contributed by atoms with Crippen LogP contribution in [-0.4, -0.2) is 9.55 Å². The SMILES string of the molecule is CC(C)n1c(-c2ccco2)nc2cc(C#N)ccc21. The molecule has 0 saturated heterocycles. The monoisotopic (exact) mass is 251 g/mol. The molecule has 0 bridgehead atoms. The number of aromatic nitrogens is 2. The minimum Gasteiger partial charge on any atom is -0.461 e.